The lowest BCUT2D eigenvalue weighted by Gasteiger charge is -2.38. The van der Waals surface area contributed by atoms with Gasteiger partial charge in [-0.25, -0.2) is 4.39 Å². The van der Waals surface area contributed by atoms with Gasteiger partial charge in [-0.3, -0.25) is 4.90 Å². The van der Waals surface area contributed by atoms with Crippen LogP contribution in [-0.4, -0.2) is 43.3 Å². The summed E-state index contributed by atoms with van der Waals surface area (Å²) in [5.74, 6) is -0.856. The van der Waals surface area contributed by atoms with Crippen molar-refractivity contribution in [2.45, 2.75) is 57.0 Å². The quantitative estimate of drug-likeness (QED) is 0.790. The van der Waals surface area contributed by atoms with Crippen molar-refractivity contribution in [3.8, 4) is 0 Å². The monoisotopic (exact) mass is 374 g/mol. The van der Waals surface area contributed by atoms with E-state index in [-0.39, 0.29) is 24.3 Å². The van der Waals surface area contributed by atoms with E-state index in [1.807, 2.05) is 0 Å². The van der Waals surface area contributed by atoms with E-state index >= 15 is 0 Å². The third kappa shape index (κ3) is 5.18. The van der Waals surface area contributed by atoms with Gasteiger partial charge in [0.2, 0.25) is 0 Å². The summed E-state index contributed by atoms with van der Waals surface area (Å²) in [6, 6.07) is 3.21. The van der Waals surface area contributed by atoms with Gasteiger partial charge in [0.1, 0.15) is 5.82 Å². The molecule has 2 aliphatic rings. The zero-order valence-corrected chi connectivity index (χ0v) is 14.8. The lowest BCUT2D eigenvalue weighted by Crippen LogP contribution is -2.46. The molecule has 3 rings (SSSR count). The zero-order valence-electron chi connectivity index (χ0n) is 14.8. The summed E-state index contributed by atoms with van der Waals surface area (Å²) >= 11 is 0. The summed E-state index contributed by atoms with van der Waals surface area (Å²) in [5.41, 5.74) is -0.741. The molecule has 0 aromatic heterocycles. The van der Waals surface area contributed by atoms with E-state index in [1.165, 1.54) is 6.07 Å². The maximum Gasteiger partial charge on any atom is 0.416 e. The number of alkyl halides is 3. The SMILES string of the molecule is Fc1ccc(CN(CC2CCCCO2)C2CCNCC2)c(C(F)(F)F)c1. The van der Waals surface area contributed by atoms with Crippen LogP contribution >= 0.6 is 0 Å². The molecule has 1 N–H and O–H groups in total. The smallest absolute Gasteiger partial charge is 0.377 e. The van der Waals surface area contributed by atoms with Crippen LogP contribution in [0.25, 0.3) is 0 Å². The van der Waals surface area contributed by atoms with Crippen molar-refractivity contribution in [3.05, 3.63) is 35.1 Å². The largest absolute Gasteiger partial charge is 0.416 e. The van der Waals surface area contributed by atoms with E-state index in [2.05, 4.69) is 10.2 Å². The molecule has 1 atom stereocenters. The number of nitrogens with zero attached hydrogens (tertiary/aromatic N) is 1. The van der Waals surface area contributed by atoms with Gasteiger partial charge in [-0.1, -0.05) is 6.07 Å². The van der Waals surface area contributed by atoms with Gasteiger partial charge in [-0.15, -0.1) is 0 Å². The van der Waals surface area contributed by atoms with Gasteiger partial charge in [0.15, 0.2) is 0 Å². The lowest BCUT2D eigenvalue weighted by molar-refractivity contribution is -0.138. The number of hydrogen-bond acceptors (Lipinski definition) is 3. The van der Waals surface area contributed by atoms with Crippen LogP contribution in [0.4, 0.5) is 17.6 Å². The van der Waals surface area contributed by atoms with E-state index in [4.69, 9.17) is 4.74 Å². The van der Waals surface area contributed by atoms with E-state index < -0.39 is 17.6 Å². The fraction of sp³-hybridized carbons (Fsp3) is 0.684. The molecule has 3 nitrogen and oxygen atoms in total. The highest BCUT2D eigenvalue weighted by atomic mass is 19.4. The Morgan fingerprint density at radius 3 is 2.54 bits per heavy atom. The number of hydrogen-bond donors (Lipinski definition) is 1. The minimum absolute atomic E-state index is 0.0634. The summed E-state index contributed by atoms with van der Waals surface area (Å²) in [6.45, 7) is 3.23. The molecule has 0 amide bonds. The molecule has 7 heteroatoms. The topological polar surface area (TPSA) is 24.5 Å². The molecule has 0 radical (unpaired) electrons. The fourth-order valence-electron chi connectivity index (χ4n) is 3.90. The number of benzene rings is 1. The fourth-order valence-corrected chi connectivity index (χ4v) is 3.90. The van der Waals surface area contributed by atoms with E-state index in [0.717, 1.165) is 57.9 Å². The van der Waals surface area contributed by atoms with Crippen molar-refractivity contribution in [2.75, 3.05) is 26.2 Å². The van der Waals surface area contributed by atoms with Crippen LogP contribution in [0.2, 0.25) is 0 Å². The highest BCUT2D eigenvalue weighted by Gasteiger charge is 2.35. The first-order chi connectivity index (χ1) is 12.4. The molecule has 26 heavy (non-hydrogen) atoms. The van der Waals surface area contributed by atoms with Crippen LogP contribution < -0.4 is 5.32 Å². The van der Waals surface area contributed by atoms with Gasteiger partial charge >= 0.3 is 6.18 Å². The first-order valence-electron chi connectivity index (χ1n) is 9.35. The standard InChI is InChI=1S/C19H26F4N2O/c20-15-5-4-14(18(11-15)19(21,22)23)12-25(16-6-8-24-9-7-16)13-17-3-1-2-10-26-17/h4-5,11,16-17,24H,1-3,6-10,12-13H2. The Kier molecular flexibility index (Phi) is 6.53. The van der Waals surface area contributed by atoms with Crippen molar-refractivity contribution in [3.63, 3.8) is 0 Å². The average molecular weight is 374 g/mol. The number of halogens is 4. The molecule has 0 saturated carbocycles. The van der Waals surface area contributed by atoms with Crippen molar-refractivity contribution in [2.24, 2.45) is 0 Å². The Bertz CT molecular complexity index is 581. The Labute approximate surface area is 151 Å². The minimum Gasteiger partial charge on any atom is -0.377 e. The third-order valence-corrected chi connectivity index (χ3v) is 5.29. The maximum absolute atomic E-state index is 13.4. The predicted molar refractivity (Wildman–Crippen MR) is 91.3 cm³/mol. The number of rotatable bonds is 5. The second kappa shape index (κ2) is 8.67. The summed E-state index contributed by atoms with van der Waals surface area (Å²) in [4.78, 5) is 2.11. The number of piperidine rings is 1. The average Bonchev–Trinajstić information content (AvgIpc) is 2.63. The molecular formula is C19H26F4N2O. The predicted octanol–water partition coefficient (Wildman–Crippen LogP) is 3.97. The van der Waals surface area contributed by atoms with Gasteiger partial charge in [0, 0.05) is 25.7 Å². The summed E-state index contributed by atoms with van der Waals surface area (Å²) < 4.78 is 59.3. The summed E-state index contributed by atoms with van der Waals surface area (Å²) in [5, 5.41) is 3.29. The van der Waals surface area contributed by atoms with Gasteiger partial charge in [-0.05, 0) is 62.9 Å². The lowest BCUT2D eigenvalue weighted by atomic mass is 9.99. The van der Waals surface area contributed by atoms with E-state index in [0.29, 0.717) is 12.6 Å². The Morgan fingerprint density at radius 2 is 1.88 bits per heavy atom. The van der Waals surface area contributed by atoms with Crippen molar-refractivity contribution < 1.29 is 22.3 Å². The molecule has 0 aliphatic carbocycles. The minimum atomic E-state index is -4.56. The Hall–Kier alpha value is -1.18. The van der Waals surface area contributed by atoms with Crippen molar-refractivity contribution in [1.82, 2.24) is 10.2 Å². The number of ether oxygens (including phenoxy) is 1. The van der Waals surface area contributed by atoms with E-state index in [1.54, 1.807) is 0 Å². The second-order valence-electron chi connectivity index (χ2n) is 7.20. The normalized spacial score (nSPS) is 22.7. The third-order valence-electron chi connectivity index (χ3n) is 5.29. The first kappa shape index (κ1) is 19.6. The summed E-state index contributed by atoms with van der Waals surface area (Å²) in [6.07, 6.45) is 0.378. The molecule has 2 aliphatic heterocycles. The number of nitrogens with one attached hydrogen (secondary N) is 1. The maximum atomic E-state index is 13.4. The Balaban J connectivity index is 1.80. The highest BCUT2D eigenvalue weighted by molar-refractivity contribution is 5.30. The first-order valence-corrected chi connectivity index (χ1v) is 9.35. The van der Waals surface area contributed by atoms with Crippen LogP contribution in [0, 0.1) is 5.82 Å². The zero-order chi connectivity index (χ0) is 18.6. The highest BCUT2D eigenvalue weighted by Crippen LogP contribution is 2.34. The van der Waals surface area contributed by atoms with Gasteiger partial charge in [0.05, 0.1) is 11.7 Å². The molecule has 1 aromatic rings. The van der Waals surface area contributed by atoms with Gasteiger partial charge in [-0.2, -0.15) is 13.2 Å². The molecule has 2 saturated heterocycles. The molecule has 2 fully saturated rings. The molecule has 1 aromatic carbocycles. The van der Waals surface area contributed by atoms with Crippen LogP contribution in [0.15, 0.2) is 18.2 Å². The van der Waals surface area contributed by atoms with Crippen LogP contribution in [0.5, 0.6) is 0 Å². The summed E-state index contributed by atoms with van der Waals surface area (Å²) in [7, 11) is 0. The van der Waals surface area contributed by atoms with Crippen molar-refractivity contribution >= 4 is 0 Å². The molecule has 0 spiro atoms. The van der Waals surface area contributed by atoms with Gasteiger partial charge in [0.25, 0.3) is 0 Å². The second-order valence-corrected chi connectivity index (χ2v) is 7.20. The Morgan fingerprint density at radius 1 is 1.12 bits per heavy atom. The van der Waals surface area contributed by atoms with Crippen molar-refractivity contribution in [1.29, 1.82) is 0 Å². The molecule has 1 unspecified atom stereocenters. The van der Waals surface area contributed by atoms with Crippen LogP contribution in [-0.2, 0) is 17.5 Å². The molecule has 0 bridgehead atoms. The molecular weight excluding hydrogens is 348 g/mol. The van der Waals surface area contributed by atoms with Crippen LogP contribution in [0.1, 0.15) is 43.2 Å². The van der Waals surface area contributed by atoms with Gasteiger partial charge < -0.3 is 10.1 Å². The molecule has 2 heterocycles. The molecule has 146 valence electrons. The van der Waals surface area contributed by atoms with E-state index in [9.17, 15) is 17.6 Å². The van der Waals surface area contributed by atoms with Crippen LogP contribution in [0.3, 0.4) is 0 Å².